The van der Waals surface area contributed by atoms with Crippen LogP contribution in [0, 0.1) is 11.7 Å². The Bertz CT molecular complexity index is 1190. The average Bonchev–Trinajstić information content (AvgIpc) is 3.33. The lowest BCUT2D eigenvalue weighted by Gasteiger charge is -2.21. The van der Waals surface area contributed by atoms with Crippen LogP contribution in [0.4, 0.5) is 15.8 Å². The van der Waals surface area contributed by atoms with Crippen molar-refractivity contribution in [1.29, 1.82) is 0 Å². The molecule has 1 aliphatic carbocycles. The standard InChI is InChI=1S/C26H29FN4O3/c1-26(2,3)25-30-24(34-31-25)19-12-8-7-11-18(19)23(33)28-17-13-14-20(27)21(15-17)29-22(32)16-9-5-4-6-10-16/h7-8,11-16H,4-6,9-10H2,1-3H3,(H,28,33)(H,29,32). The predicted octanol–water partition coefficient (Wildman–Crippen LogP) is 5.94. The summed E-state index contributed by atoms with van der Waals surface area (Å²) in [6, 6.07) is 11.0. The maximum absolute atomic E-state index is 14.4. The van der Waals surface area contributed by atoms with Gasteiger partial charge in [0.25, 0.3) is 11.8 Å². The molecular formula is C26H29FN4O3. The summed E-state index contributed by atoms with van der Waals surface area (Å²) >= 11 is 0. The molecule has 0 radical (unpaired) electrons. The minimum atomic E-state index is -0.553. The van der Waals surface area contributed by atoms with Gasteiger partial charge in [-0.15, -0.1) is 0 Å². The van der Waals surface area contributed by atoms with Crippen molar-refractivity contribution in [3.05, 3.63) is 59.7 Å². The van der Waals surface area contributed by atoms with Crippen LogP contribution in [-0.4, -0.2) is 22.0 Å². The summed E-state index contributed by atoms with van der Waals surface area (Å²) in [5.41, 5.74) is 0.944. The molecule has 0 saturated heterocycles. The number of rotatable bonds is 5. The third kappa shape index (κ3) is 5.32. The van der Waals surface area contributed by atoms with Crippen LogP contribution >= 0.6 is 0 Å². The Kier molecular flexibility index (Phi) is 6.77. The molecular weight excluding hydrogens is 435 g/mol. The number of halogens is 1. The molecule has 1 fully saturated rings. The molecule has 3 aromatic rings. The van der Waals surface area contributed by atoms with E-state index < -0.39 is 11.7 Å². The number of benzene rings is 2. The highest BCUT2D eigenvalue weighted by molar-refractivity contribution is 6.08. The lowest BCUT2D eigenvalue weighted by Crippen LogP contribution is -2.25. The molecule has 1 aromatic heterocycles. The van der Waals surface area contributed by atoms with Crippen LogP contribution in [0.3, 0.4) is 0 Å². The molecule has 8 heteroatoms. The van der Waals surface area contributed by atoms with Gasteiger partial charge in [0.05, 0.1) is 16.8 Å². The Morgan fingerprint density at radius 2 is 1.76 bits per heavy atom. The molecule has 7 nitrogen and oxygen atoms in total. The molecule has 1 heterocycles. The first-order valence-electron chi connectivity index (χ1n) is 11.6. The highest BCUT2D eigenvalue weighted by Gasteiger charge is 2.24. The van der Waals surface area contributed by atoms with Crippen molar-refractivity contribution >= 4 is 23.2 Å². The number of hydrogen-bond donors (Lipinski definition) is 2. The van der Waals surface area contributed by atoms with E-state index in [1.54, 1.807) is 24.3 Å². The van der Waals surface area contributed by atoms with E-state index in [1.807, 2.05) is 20.8 Å². The molecule has 2 aromatic carbocycles. The highest BCUT2D eigenvalue weighted by atomic mass is 19.1. The van der Waals surface area contributed by atoms with E-state index in [1.165, 1.54) is 18.2 Å². The van der Waals surface area contributed by atoms with Crippen molar-refractivity contribution in [3.63, 3.8) is 0 Å². The van der Waals surface area contributed by atoms with Crippen LogP contribution in [0.2, 0.25) is 0 Å². The molecule has 1 saturated carbocycles. The van der Waals surface area contributed by atoms with E-state index in [0.29, 0.717) is 22.6 Å². The summed E-state index contributed by atoms with van der Waals surface area (Å²) < 4.78 is 19.8. The van der Waals surface area contributed by atoms with Gasteiger partial charge in [-0.3, -0.25) is 9.59 Å². The SMILES string of the molecule is CC(C)(C)c1noc(-c2ccccc2C(=O)Nc2ccc(F)c(NC(=O)C3CCCCC3)c2)n1. The van der Waals surface area contributed by atoms with Gasteiger partial charge in [0.2, 0.25) is 5.91 Å². The number of amides is 2. The summed E-state index contributed by atoms with van der Waals surface area (Å²) in [6.07, 6.45) is 4.77. The molecule has 1 aliphatic rings. The monoisotopic (exact) mass is 464 g/mol. The number of hydrogen-bond acceptors (Lipinski definition) is 5. The molecule has 0 aliphatic heterocycles. The zero-order chi connectivity index (χ0) is 24.3. The van der Waals surface area contributed by atoms with E-state index in [2.05, 4.69) is 20.8 Å². The van der Waals surface area contributed by atoms with Crippen molar-refractivity contribution in [2.24, 2.45) is 5.92 Å². The third-order valence-corrected chi connectivity index (χ3v) is 5.96. The molecule has 2 N–H and O–H groups in total. The molecule has 0 unspecified atom stereocenters. The quantitative estimate of drug-likeness (QED) is 0.487. The second-order valence-corrected chi connectivity index (χ2v) is 9.69. The van der Waals surface area contributed by atoms with Gasteiger partial charge in [-0.1, -0.05) is 57.3 Å². The lowest BCUT2D eigenvalue weighted by molar-refractivity contribution is -0.120. The first kappa shape index (κ1) is 23.6. The van der Waals surface area contributed by atoms with Crippen LogP contribution in [0.15, 0.2) is 47.0 Å². The van der Waals surface area contributed by atoms with Crippen molar-refractivity contribution in [2.75, 3.05) is 10.6 Å². The van der Waals surface area contributed by atoms with Gasteiger partial charge in [-0.2, -0.15) is 4.98 Å². The zero-order valence-corrected chi connectivity index (χ0v) is 19.7. The fraction of sp³-hybridized carbons (Fsp3) is 0.385. The highest BCUT2D eigenvalue weighted by Crippen LogP contribution is 2.29. The Labute approximate surface area is 198 Å². The van der Waals surface area contributed by atoms with Crippen LogP contribution in [0.1, 0.15) is 69.1 Å². The van der Waals surface area contributed by atoms with E-state index in [0.717, 1.165) is 32.1 Å². The summed E-state index contributed by atoms with van der Waals surface area (Å²) in [6.45, 7) is 5.91. The predicted molar refractivity (Wildman–Crippen MR) is 128 cm³/mol. The third-order valence-electron chi connectivity index (χ3n) is 5.96. The summed E-state index contributed by atoms with van der Waals surface area (Å²) in [7, 11) is 0. The second kappa shape index (κ2) is 9.75. The van der Waals surface area contributed by atoms with Gasteiger partial charge in [0.15, 0.2) is 5.82 Å². The molecule has 0 spiro atoms. The topological polar surface area (TPSA) is 97.1 Å². The molecule has 0 bridgehead atoms. The minimum absolute atomic E-state index is 0.0494. The van der Waals surface area contributed by atoms with E-state index in [-0.39, 0.29) is 28.8 Å². The van der Waals surface area contributed by atoms with Crippen molar-refractivity contribution in [1.82, 2.24) is 10.1 Å². The van der Waals surface area contributed by atoms with Crippen LogP contribution in [0.25, 0.3) is 11.5 Å². The van der Waals surface area contributed by atoms with Crippen molar-refractivity contribution in [3.8, 4) is 11.5 Å². The number of carbonyl (C=O) groups is 2. The average molecular weight is 465 g/mol. The van der Waals surface area contributed by atoms with Gasteiger partial charge in [-0.05, 0) is 43.2 Å². The largest absolute Gasteiger partial charge is 0.334 e. The number of nitrogens with zero attached hydrogens (tertiary/aromatic N) is 2. The van der Waals surface area contributed by atoms with Crippen molar-refractivity contribution < 1.29 is 18.5 Å². The smallest absolute Gasteiger partial charge is 0.258 e. The van der Waals surface area contributed by atoms with Crippen LogP contribution in [-0.2, 0) is 10.2 Å². The summed E-state index contributed by atoms with van der Waals surface area (Å²) in [5, 5.41) is 9.50. The maximum Gasteiger partial charge on any atom is 0.258 e. The number of carbonyl (C=O) groups excluding carboxylic acids is 2. The number of anilines is 2. The fourth-order valence-electron chi connectivity index (χ4n) is 4.00. The van der Waals surface area contributed by atoms with Gasteiger partial charge in [0, 0.05) is 17.0 Å². The molecule has 2 amide bonds. The first-order valence-corrected chi connectivity index (χ1v) is 11.6. The van der Waals surface area contributed by atoms with E-state index in [4.69, 9.17) is 4.52 Å². The Morgan fingerprint density at radius 3 is 2.47 bits per heavy atom. The normalized spacial score (nSPS) is 14.6. The second-order valence-electron chi connectivity index (χ2n) is 9.69. The summed E-state index contributed by atoms with van der Waals surface area (Å²) in [4.78, 5) is 30.1. The number of aromatic nitrogens is 2. The Balaban J connectivity index is 1.53. The van der Waals surface area contributed by atoms with Crippen LogP contribution in [0.5, 0.6) is 0 Å². The minimum Gasteiger partial charge on any atom is -0.334 e. The van der Waals surface area contributed by atoms with E-state index in [9.17, 15) is 14.0 Å². The lowest BCUT2D eigenvalue weighted by atomic mass is 9.88. The van der Waals surface area contributed by atoms with E-state index >= 15 is 0 Å². The maximum atomic E-state index is 14.4. The Hall–Kier alpha value is -3.55. The van der Waals surface area contributed by atoms with Crippen molar-refractivity contribution in [2.45, 2.75) is 58.3 Å². The molecule has 34 heavy (non-hydrogen) atoms. The van der Waals surface area contributed by atoms with Gasteiger partial charge in [-0.25, -0.2) is 4.39 Å². The van der Waals surface area contributed by atoms with Crippen LogP contribution < -0.4 is 10.6 Å². The van der Waals surface area contributed by atoms with Gasteiger partial charge in [0.1, 0.15) is 5.82 Å². The zero-order valence-electron chi connectivity index (χ0n) is 19.7. The summed E-state index contributed by atoms with van der Waals surface area (Å²) in [5.74, 6) is -0.473. The fourth-order valence-corrected chi connectivity index (χ4v) is 4.00. The first-order chi connectivity index (χ1) is 16.2. The molecule has 178 valence electrons. The Morgan fingerprint density at radius 1 is 1.03 bits per heavy atom. The van der Waals surface area contributed by atoms with Gasteiger partial charge >= 0.3 is 0 Å². The van der Waals surface area contributed by atoms with Gasteiger partial charge < -0.3 is 15.2 Å². The number of nitrogens with one attached hydrogen (secondary N) is 2. The molecule has 0 atom stereocenters. The molecule has 4 rings (SSSR count).